The number of benzene rings is 4. The normalized spacial score (nSPS) is 18.3. The van der Waals surface area contributed by atoms with Crippen LogP contribution in [0.2, 0.25) is 0 Å². The molecule has 0 bridgehead atoms. The predicted molar refractivity (Wildman–Crippen MR) is 170 cm³/mol. The lowest BCUT2D eigenvalue weighted by Crippen LogP contribution is -2.20. The molecule has 0 aromatic heterocycles. The molecule has 4 aromatic rings. The zero-order valence-electron chi connectivity index (χ0n) is 24.8. The summed E-state index contributed by atoms with van der Waals surface area (Å²) in [6, 6.07) is 19.8. The highest BCUT2D eigenvalue weighted by atomic mass is 14.4. The molecule has 0 N–H and O–H groups in total. The van der Waals surface area contributed by atoms with E-state index in [9.17, 15) is 0 Å². The molecular formula is C39H46. The molecule has 0 nitrogen and oxygen atoms in total. The third-order valence-corrected chi connectivity index (χ3v) is 11.5. The van der Waals surface area contributed by atoms with Crippen molar-refractivity contribution in [3.63, 3.8) is 0 Å². The second-order valence-corrected chi connectivity index (χ2v) is 13.4. The van der Waals surface area contributed by atoms with E-state index in [-0.39, 0.29) is 5.41 Å². The molecule has 0 spiro atoms. The second-order valence-electron chi connectivity index (χ2n) is 13.4. The minimum Gasteiger partial charge on any atom is -0.0645 e. The molecule has 0 unspecified atom stereocenters. The summed E-state index contributed by atoms with van der Waals surface area (Å²) >= 11 is 0. The molecule has 202 valence electrons. The van der Waals surface area contributed by atoms with E-state index in [2.05, 4.69) is 76.2 Å². The van der Waals surface area contributed by atoms with Crippen molar-refractivity contribution in [1.29, 1.82) is 0 Å². The Morgan fingerprint density at radius 1 is 0.641 bits per heavy atom. The molecule has 0 atom stereocenters. The van der Waals surface area contributed by atoms with Crippen LogP contribution < -0.4 is 0 Å². The lowest BCUT2D eigenvalue weighted by Gasteiger charge is -2.33. The molecule has 3 aliphatic rings. The third-order valence-electron chi connectivity index (χ3n) is 11.5. The first-order valence-corrected chi connectivity index (χ1v) is 16.2. The van der Waals surface area contributed by atoms with Gasteiger partial charge in [-0.05, 0) is 129 Å². The van der Waals surface area contributed by atoms with Gasteiger partial charge in [-0.25, -0.2) is 0 Å². The Hall–Kier alpha value is -2.60. The van der Waals surface area contributed by atoms with Crippen LogP contribution >= 0.6 is 0 Å². The highest BCUT2D eigenvalue weighted by Crippen LogP contribution is 2.58. The molecule has 0 aliphatic heterocycles. The van der Waals surface area contributed by atoms with Gasteiger partial charge in [-0.3, -0.25) is 0 Å². The first kappa shape index (κ1) is 25.4. The fourth-order valence-corrected chi connectivity index (χ4v) is 8.73. The monoisotopic (exact) mass is 514 g/mol. The van der Waals surface area contributed by atoms with E-state index in [1.54, 1.807) is 38.6 Å². The smallest absolute Gasteiger partial charge is 0.00235 e. The van der Waals surface area contributed by atoms with Gasteiger partial charge < -0.3 is 0 Å². The Labute approximate surface area is 236 Å². The molecule has 2 saturated carbocycles. The molecule has 0 saturated heterocycles. The second kappa shape index (κ2) is 9.79. The third kappa shape index (κ3) is 3.84. The summed E-state index contributed by atoms with van der Waals surface area (Å²) in [6.45, 7) is 9.55. The summed E-state index contributed by atoms with van der Waals surface area (Å²) in [6.07, 6.45) is 16.1. The van der Waals surface area contributed by atoms with Crippen molar-refractivity contribution in [2.24, 2.45) is 0 Å². The summed E-state index contributed by atoms with van der Waals surface area (Å²) in [5.74, 6) is 1.35. The fraction of sp³-hybridized carbons (Fsp3) is 0.487. The highest BCUT2D eigenvalue weighted by Gasteiger charge is 2.35. The predicted octanol–water partition coefficient (Wildman–Crippen LogP) is 12.1. The average Bonchev–Trinajstić information content (AvgIpc) is 3.32. The van der Waals surface area contributed by atoms with E-state index in [0.29, 0.717) is 11.8 Å². The maximum atomic E-state index is 2.69. The van der Waals surface area contributed by atoms with Crippen molar-refractivity contribution in [2.45, 2.75) is 122 Å². The number of hydrogen-bond acceptors (Lipinski definition) is 0. The van der Waals surface area contributed by atoms with E-state index >= 15 is 0 Å². The lowest BCUT2D eigenvalue weighted by atomic mass is 9.71. The molecule has 0 amide bonds. The van der Waals surface area contributed by atoms with E-state index in [1.165, 1.54) is 105 Å². The molecule has 0 radical (unpaired) electrons. The molecule has 0 heteroatoms. The van der Waals surface area contributed by atoms with Gasteiger partial charge in [0.2, 0.25) is 0 Å². The van der Waals surface area contributed by atoms with Crippen LogP contribution in [0.4, 0.5) is 0 Å². The van der Waals surface area contributed by atoms with E-state index in [1.807, 2.05) is 0 Å². The zero-order valence-corrected chi connectivity index (χ0v) is 24.8. The number of fused-ring (bicyclic) bond motifs is 4. The van der Waals surface area contributed by atoms with Crippen molar-refractivity contribution in [3.8, 4) is 22.3 Å². The number of hydrogen-bond donors (Lipinski definition) is 0. The SMILES string of the molecule is CCC(C)(CC)c1ccc2c(C3CCCCC3)c3c(c(C4CCCCC4)c2c1)-c1cccc2c(C)ccc-3c12. The Morgan fingerprint density at radius 2 is 1.23 bits per heavy atom. The minimum absolute atomic E-state index is 0.238. The quantitative estimate of drug-likeness (QED) is 0.219. The van der Waals surface area contributed by atoms with Gasteiger partial charge in [0, 0.05) is 0 Å². The number of rotatable bonds is 5. The minimum atomic E-state index is 0.238. The molecule has 2 fully saturated rings. The van der Waals surface area contributed by atoms with Crippen LogP contribution in [0.1, 0.15) is 132 Å². The Kier molecular flexibility index (Phi) is 6.37. The van der Waals surface area contributed by atoms with Gasteiger partial charge in [0.1, 0.15) is 0 Å². The fourth-order valence-electron chi connectivity index (χ4n) is 8.73. The highest BCUT2D eigenvalue weighted by molar-refractivity contribution is 6.20. The van der Waals surface area contributed by atoms with Crippen molar-refractivity contribution in [2.75, 3.05) is 0 Å². The maximum Gasteiger partial charge on any atom is -0.00235 e. The molecular weight excluding hydrogens is 468 g/mol. The van der Waals surface area contributed by atoms with E-state index in [0.717, 1.165) is 0 Å². The average molecular weight is 515 g/mol. The summed E-state index contributed by atoms with van der Waals surface area (Å²) in [4.78, 5) is 0. The Balaban J connectivity index is 1.64. The maximum absolute atomic E-state index is 2.69. The summed E-state index contributed by atoms with van der Waals surface area (Å²) in [5.41, 5.74) is 12.9. The van der Waals surface area contributed by atoms with Crippen LogP contribution in [-0.4, -0.2) is 0 Å². The molecule has 0 heterocycles. The van der Waals surface area contributed by atoms with Gasteiger partial charge in [0.05, 0.1) is 0 Å². The van der Waals surface area contributed by atoms with Gasteiger partial charge in [0.25, 0.3) is 0 Å². The van der Waals surface area contributed by atoms with Crippen molar-refractivity contribution in [3.05, 3.63) is 70.8 Å². The largest absolute Gasteiger partial charge is 0.0645 e. The van der Waals surface area contributed by atoms with Gasteiger partial charge in [-0.1, -0.05) is 108 Å². The van der Waals surface area contributed by atoms with Gasteiger partial charge >= 0.3 is 0 Å². The van der Waals surface area contributed by atoms with Gasteiger partial charge in [-0.2, -0.15) is 0 Å². The van der Waals surface area contributed by atoms with Crippen molar-refractivity contribution < 1.29 is 0 Å². The first-order valence-electron chi connectivity index (χ1n) is 16.2. The van der Waals surface area contributed by atoms with Crippen molar-refractivity contribution >= 4 is 21.5 Å². The summed E-state index contributed by atoms with van der Waals surface area (Å²) in [7, 11) is 0. The van der Waals surface area contributed by atoms with Crippen LogP contribution in [-0.2, 0) is 5.41 Å². The van der Waals surface area contributed by atoms with E-state index < -0.39 is 0 Å². The standard InChI is InChI=1S/C39H46/c1-5-39(4,6-2)28-21-23-30-33(24-28)35(27-16-11-8-12-17-27)37-31-19-13-18-29-25(3)20-22-32(36(29)31)38(37)34(30)26-14-9-7-10-15-26/h13,18-24,26-27H,5-12,14-17H2,1-4H3. The summed E-state index contributed by atoms with van der Waals surface area (Å²) < 4.78 is 0. The van der Waals surface area contributed by atoms with Gasteiger partial charge in [0.15, 0.2) is 0 Å². The molecule has 4 aromatic carbocycles. The van der Waals surface area contributed by atoms with Crippen LogP contribution in [0.15, 0.2) is 48.5 Å². The molecule has 39 heavy (non-hydrogen) atoms. The molecule has 3 aliphatic carbocycles. The topological polar surface area (TPSA) is 0 Å². The van der Waals surface area contributed by atoms with E-state index in [4.69, 9.17) is 0 Å². The van der Waals surface area contributed by atoms with Crippen molar-refractivity contribution in [1.82, 2.24) is 0 Å². The van der Waals surface area contributed by atoms with Crippen LogP contribution in [0, 0.1) is 6.92 Å². The van der Waals surface area contributed by atoms with Crippen LogP contribution in [0.25, 0.3) is 43.8 Å². The van der Waals surface area contributed by atoms with Crippen LogP contribution in [0.3, 0.4) is 0 Å². The van der Waals surface area contributed by atoms with Gasteiger partial charge in [-0.15, -0.1) is 0 Å². The molecule has 7 rings (SSSR count). The lowest BCUT2D eigenvalue weighted by molar-refractivity contribution is 0.438. The first-order chi connectivity index (χ1) is 19.1. The zero-order chi connectivity index (χ0) is 26.7. The summed E-state index contributed by atoms with van der Waals surface area (Å²) in [5, 5.41) is 6.18. The number of aryl methyl sites for hydroxylation is 1. The Bertz CT molecular complexity index is 1550. The Morgan fingerprint density at radius 3 is 1.85 bits per heavy atom. The van der Waals surface area contributed by atoms with Crippen LogP contribution in [0.5, 0.6) is 0 Å².